The number of benzene rings is 1. The molecule has 1 aromatic heterocycles. The quantitative estimate of drug-likeness (QED) is 0.865. The van der Waals surface area contributed by atoms with Crippen LogP contribution in [0.3, 0.4) is 0 Å². The molecule has 0 bridgehead atoms. The van der Waals surface area contributed by atoms with Gasteiger partial charge in [-0.1, -0.05) is 11.6 Å². The Morgan fingerprint density at radius 2 is 2.22 bits per heavy atom. The van der Waals surface area contributed by atoms with E-state index < -0.39 is 0 Å². The van der Waals surface area contributed by atoms with Gasteiger partial charge in [0, 0.05) is 17.4 Å². The van der Waals surface area contributed by atoms with Crippen LogP contribution in [-0.4, -0.2) is 19.4 Å². The molecule has 0 spiro atoms. The fraction of sp³-hybridized carbons (Fsp3) is 0.308. The number of rotatable bonds is 4. The molecule has 0 amide bonds. The first-order chi connectivity index (χ1) is 8.58. The summed E-state index contributed by atoms with van der Waals surface area (Å²) < 4.78 is 10.7. The number of aryl methyl sites for hydroxylation is 1. The minimum absolute atomic E-state index is 0.0958. The molecule has 0 saturated heterocycles. The number of fused-ring (bicyclic) bond motifs is 1. The van der Waals surface area contributed by atoms with Crippen LogP contribution in [-0.2, 0) is 0 Å². The predicted molar refractivity (Wildman–Crippen MR) is 70.5 cm³/mol. The summed E-state index contributed by atoms with van der Waals surface area (Å²) in [6, 6.07) is 3.39. The lowest BCUT2D eigenvalue weighted by Crippen LogP contribution is -2.08. The van der Waals surface area contributed by atoms with Crippen molar-refractivity contribution in [3.05, 3.63) is 28.5 Å². The number of halogens is 1. The lowest BCUT2D eigenvalue weighted by Gasteiger charge is -2.07. The molecule has 0 fully saturated rings. The number of methoxy groups -OCH3 is 1. The molecule has 18 heavy (non-hydrogen) atoms. The number of Topliss-reactive ketones (excluding diaryl/α,β-unsaturated/α-hetero) is 1. The zero-order valence-electron chi connectivity index (χ0n) is 10.2. The number of furan rings is 1. The van der Waals surface area contributed by atoms with E-state index in [0.717, 1.165) is 0 Å². The van der Waals surface area contributed by atoms with Crippen molar-refractivity contribution in [1.29, 1.82) is 0 Å². The summed E-state index contributed by atoms with van der Waals surface area (Å²) >= 11 is 6.24. The number of ether oxygens (including phenoxy) is 1. The maximum Gasteiger partial charge on any atom is 0.177 e. The largest absolute Gasteiger partial charge is 0.493 e. The SMILES string of the molecule is COc1cc(C(=O)CCN)c(Cl)c2cc(C)oc12. The summed E-state index contributed by atoms with van der Waals surface area (Å²) in [5.74, 6) is 1.12. The first kappa shape index (κ1) is 12.9. The molecule has 0 aliphatic heterocycles. The number of ketones is 1. The fourth-order valence-corrected chi connectivity index (χ4v) is 2.19. The molecule has 0 atom stereocenters. The molecule has 96 valence electrons. The van der Waals surface area contributed by atoms with Crippen LogP contribution in [0, 0.1) is 6.92 Å². The molecule has 2 rings (SSSR count). The second-order valence-corrected chi connectivity index (χ2v) is 4.38. The van der Waals surface area contributed by atoms with E-state index in [0.29, 0.717) is 39.6 Å². The second-order valence-electron chi connectivity index (χ2n) is 4.00. The third-order valence-electron chi connectivity index (χ3n) is 2.72. The molecular formula is C13H14ClNO3. The van der Waals surface area contributed by atoms with Gasteiger partial charge >= 0.3 is 0 Å². The maximum atomic E-state index is 11.9. The van der Waals surface area contributed by atoms with Crippen LogP contribution >= 0.6 is 11.6 Å². The van der Waals surface area contributed by atoms with Gasteiger partial charge < -0.3 is 14.9 Å². The van der Waals surface area contributed by atoms with Crippen molar-refractivity contribution in [3.8, 4) is 5.75 Å². The Hall–Kier alpha value is -1.52. The van der Waals surface area contributed by atoms with Crippen molar-refractivity contribution < 1.29 is 13.9 Å². The Morgan fingerprint density at radius 3 is 2.83 bits per heavy atom. The molecule has 0 saturated carbocycles. The van der Waals surface area contributed by atoms with Gasteiger partial charge in [0.05, 0.1) is 12.1 Å². The van der Waals surface area contributed by atoms with E-state index in [1.54, 1.807) is 12.1 Å². The molecule has 0 aliphatic rings. The molecule has 5 heteroatoms. The predicted octanol–water partition coefficient (Wildman–Crippen LogP) is 2.93. The first-order valence-electron chi connectivity index (χ1n) is 5.58. The minimum Gasteiger partial charge on any atom is -0.493 e. The fourth-order valence-electron chi connectivity index (χ4n) is 1.89. The number of carbonyl (C=O) groups is 1. The van der Waals surface area contributed by atoms with E-state index in [1.807, 2.05) is 6.92 Å². The minimum atomic E-state index is -0.0958. The highest BCUT2D eigenvalue weighted by Gasteiger charge is 2.19. The summed E-state index contributed by atoms with van der Waals surface area (Å²) in [4.78, 5) is 11.9. The molecular weight excluding hydrogens is 254 g/mol. The van der Waals surface area contributed by atoms with Crippen LogP contribution in [0.4, 0.5) is 0 Å². The Balaban J connectivity index is 2.68. The van der Waals surface area contributed by atoms with Crippen LogP contribution in [0.15, 0.2) is 16.5 Å². The molecule has 4 nitrogen and oxygen atoms in total. The standard InChI is InChI=1S/C13H14ClNO3/c1-7-5-9-12(14)8(10(16)3-4-15)6-11(17-2)13(9)18-7/h5-6H,3-4,15H2,1-2H3. The topological polar surface area (TPSA) is 65.5 Å². The van der Waals surface area contributed by atoms with Crippen molar-refractivity contribution in [3.63, 3.8) is 0 Å². The lowest BCUT2D eigenvalue weighted by molar-refractivity contribution is 0.0985. The number of hydrogen-bond donors (Lipinski definition) is 1. The van der Waals surface area contributed by atoms with Crippen molar-refractivity contribution in [2.24, 2.45) is 5.73 Å². The lowest BCUT2D eigenvalue weighted by atomic mass is 10.1. The van der Waals surface area contributed by atoms with Gasteiger partial charge in [0.1, 0.15) is 5.76 Å². The van der Waals surface area contributed by atoms with E-state index in [2.05, 4.69) is 0 Å². The van der Waals surface area contributed by atoms with Crippen molar-refractivity contribution in [1.82, 2.24) is 0 Å². The maximum absolute atomic E-state index is 11.9. The monoisotopic (exact) mass is 267 g/mol. The summed E-state index contributed by atoms with van der Waals surface area (Å²) in [6.07, 6.45) is 0.255. The van der Waals surface area contributed by atoms with Crippen LogP contribution in [0.25, 0.3) is 11.0 Å². The highest BCUT2D eigenvalue weighted by atomic mass is 35.5. The van der Waals surface area contributed by atoms with Crippen LogP contribution in [0.1, 0.15) is 22.5 Å². The van der Waals surface area contributed by atoms with Crippen molar-refractivity contribution >= 4 is 28.4 Å². The number of hydrogen-bond acceptors (Lipinski definition) is 4. The number of carbonyl (C=O) groups excluding carboxylic acids is 1. The van der Waals surface area contributed by atoms with Gasteiger partial charge in [0.15, 0.2) is 17.1 Å². The Morgan fingerprint density at radius 1 is 1.50 bits per heavy atom. The summed E-state index contributed by atoms with van der Waals surface area (Å²) in [5, 5.41) is 1.08. The van der Waals surface area contributed by atoms with Crippen LogP contribution in [0.5, 0.6) is 5.75 Å². The third-order valence-corrected chi connectivity index (χ3v) is 3.13. The van der Waals surface area contributed by atoms with E-state index in [9.17, 15) is 4.79 Å². The molecule has 1 aromatic carbocycles. The molecule has 0 aliphatic carbocycles. The second kappa shape index (κ2) is 5.00. The Bertz CT molecular complexity index is 604. The Kier molecular flexibility index (Phi) is 3.59. The molecule has 0 radical (unpaired) electrons. The van der Waals surface area contributed by atoms with Crippen LogP contribution < -0.4 is 10.5 Å². The molecule has 0 unspecified atom stereocenters. The average Bonchev–Trinajstić information content (AvgIpc) is 2.72. The zero-order valence-corrected chi connectivity index (χ0v) is 11.0. The van der Waals surface area contributed by atoms with Gasteiger partial charge in [0.25, 0.3) is 0 Å². The van der Waals surface area contributed by atoms with Gasteiger partial charge in [-0.15, -0.1) is 0 Å². The van der Waals surface area contributed by atoms with Crippen molar-refractivity contribution in [2.45, 2.75) is 13.3 Å². The Labute approximate surface area is 110 Å². The molecule has 2 N–H and O–H groups in total. The highest BCUT2D eigenvalue weighted by Crippen LogP contribution is 2.37. The summed E-state index contributed by atoms with van der Waals surface area (Å²) in [6.45, 7) is 2.11. The number of nitrogens with two attached hydrogens (primary N) is 1. The summed E-state index contributed by atoms with van der Waals surface area (Å²) in [5.41, 5.74) is 6.37. The van der Waals surface area contributed by atoms with Gasteiger partial charge in [-0.25, -0.2) is 0 Å². The normalized spacial score (nSPS) is 10.9. The van der Waals surface area contributed by atoms with E-state index in [1.165, 1.54) is 7.11 Å². The van der Waals surface area contributed by atoms with Gasteiger partial charge in [0.2, 0.25) is 0 Å². The molecule has 2 aromatic rings. The first-order valence-corrected chi connectivity index (χ1v) is 5.96. The van der Waals surface area contributed by atoms with E-state index >= 15 is 0 Å². The summed E-state index contributed by atoms with van der Waals surface area (Å²) in [7, 11) is 1.53. The van der Waals surface area contributed by atoms with E-state index in [-0.39, 0.29) is 12.2 Å². The molecule has 1 heterocycles. The smallest absolute Gasteiger partial charge is 0.177 e. The van der Waals surface area contributed by atoms with Crippen LogP contribution in [0.2, 0.25) is 5.02 Å². The van der Waals surface area contributed by atoms with Gasteiger partial charge in [-0.3, -0.25) is 4.79 Å². The highest BCUT2D eigenvalue weighted by molar-refractivity contribution is 6.39. The third kappa shape index (κ3) is 2.09. The van der Waals surface area contributed by atoms with Gasteiger partial charge in [-0.05, 0) is 25.6 Å². The van der Waals surface area contributed by atoms with Crippen molar-refractivity contribution in [2.75, 3.05) is 13.7 Å². The van der Waals surface area contributed by atoms with E-state index in [4.69, 9.17) is 26.5 Å². The van der Waals surface area contributed by atoms with Gasteiger partial charge in [-0.2, -0.15) is 0 Å². The average molecular weight is 268 g/mol. The zero-order chi connectivity index (χ0) is 13.3.